The lowest BCUT2D eigenvalue weighted by molar-refractivity contribution is -0.104. The fraction of sp³-hybridized carbons (Fsp3) is 0.379. The number of hydrogen-bond acceptors (Lipinski definition) is 7. The molecule has 2 aliphatic heterocycles. The maximum absolute atomic E-state index is 15.1. The third-order valence-electron chi connectivity index (χ3n) is 6.66. The van der Waals surface area contributed by atoms with Gasteiger partial charge in [0.1, 0.15) is 23.9 Å². The van der Waals surface area contributed by atoms with Crippen molar-refractivity contribution >= 4 is 17.4 Å². The molecule has 1 aromatic rings. The molecule has 202 valence electrons. The van der Waals surface area contributed by atoms with E-state index in [2.05, 4.69) is 23.4 Å². The molecule has 3 N–H and O–H groups in total. The Morgan fingerprint density at radius 2 is 2.13 bits per heavy atom. The van der Waals surface area contributed by atoms with Gasteiger partial charge in [0.2, 0.25) is 0 Å². The number of nitriles is 1. The first kappa shape index (κ1) is 29.0. The number of aldehydes is 1. The number of aliphatic hydroxyl groups is 1. The largest absolute Gasteiger partial charge is 0.390 e. The lowest BCUT2D eigenvalue weighted by Gasteiger charge is -2.40. The fourth-order valence-corrected chi connectivity index (χ4v) is 4.78. The van der Waals surface area contributed by atoms with Crippen molar-refractivity contribution in [3.63, 3.8) is 0 Å². The van der Waals surface area contributed by atoms with Gasteiger partial charge in [-0.1, -0.05) is 32.1 Å². The molecule has 1 atom stereocenters. The zero-order valence-electron chi connectivity index (χ0n) is 22.3. The first-order chi connectivity index (χ1) is 18.0. The van der Waals surface area contributed by atoms with Crippen molar-refractivity contribution in [3.8, 4) is 6.07 Å². The van der Waals surface area contributed by atoms with E-state index in [0.29, 0.717) is 47.6 Å². The van der Waals surface area contributed by atoms with Crippen LogP contribution in [0.3, 0.4) is 0 Å². The Labute approximate surface area is 223 Å². The van der Waals surface area contributed by atoms with E-state index in [1.807, 2.05) is 20.9 Å². The maximum Gasteiger partial charge on any atom is 0.195 e. The summed E-state index contributed by atoms with van der Waals surface area (Å²) in [7, 11) is 3.58. The number of rotatable bonds is 7. The monoisotopic (exact) mass is 523 g/mol. The van der Waals surface area contributed by atoms with Crippen LogP contribution in [-0.4, -0.2) is 53.3 Å². The van der Waals surface area contributed by atoms with Crippen LogP contribution in [-0.2, 0) is 4.79 Å². The lowest BCUT2D eigenvalue weighted by Crippen LogP contribution is -2.50. The van der Waals surface area contributed by atoms with Gasteiger partial charge in [0.25, 0.3) is 0 Å². The van der Waals surface area contributed by atoms with E-state index >= 15 is 4.39 Å². The molecule has 1 aliphatic carbocycles. The summed E-state index contributed by atoms with van der Waals surface area (Å²) < 4.78 is 29.7. The Bertz CT molecular complexity index is 1230. The molecular formula is C29H35F2N5O2. The van der Waals surface area contributed by atoms with E-state index in [1.165, 1.54) is 22.0 Å². The Morgan fingerprint density at radius 1 is 1.42 bits per heavy atom. The van der Waals surface area contributed by atoms with Crippen LogP contribution in [0.15, 0.2) is 66.3 Å². The molecule has 1 fully saturated rings. The molecule has 1 aromatic carbocycles. The SMILES string of the molecule is C=C1C=C(C=O)C=CN1/C(C#N)=C(\CCC)c1c(F)cccc1C1=CN(C)NC1F.CNC1CC(C)(O)C1. The normalized spacial score (nSPS) is 24.9. The maximum atomic E-state index is 15.1. The molecule has 1 unspecified atom stereocenters. The van der Waals surface area contributed by atoms with Crippen LogP contribution in [0.25, 0.3) is 11.1 Å². The van der Waals surface area contributed by atoms with Gasteiger partial charge in [0.05, 0.1) is 5.60 Å². The highest BCUT2D eigenvalue weighted by Crippen LogP contribution is 2.37. The van der Waals surface area contributed by atoms with Crippen LogP contribution >= 0.6 is 0 Å². The second-order valence-electron chi connectivity index (χ2n) is 9.87. The number of alkyl halides is 1. The zero-order chi connectivity index (χ0) is 28.0. The van der Waals surface area contributed by atoms with Gasteiger partial charge in [-0.3, -0.25) is 4.79 Å². The molecule has 4 rings (SSSR count). The first-order valence-electron chi connectivity index (χ1n) is 12.5. The molecule has 1 saturated carbocycles. The molecular weight excluding hydrogens is 488 g/mol. The highest BCUT2D eigenvalue weighted by Gasteiger charge is 2.37. The van der Waals surface area contributed by atoms with Crippen molar-refractivity contribution in [2.45, 2.75) is 57.5 Å². The van der Waals surface area contributed by atoms with Gasteiger partial charge in [-0.25, -0.2) is 8.78 Å². The Kier molecular flexibility index (Phi) is 9.39. The molecule has 2 heterocycles. The van der Waals surface area contributed by atoms with E-state index < -0.39 is 12.1 Å². The molecule has 9 heteroatoms. The van der Waals surface area contributed by atoms with Gasteiger partial charge < -0.3 is 20.3 Å². The van der Waals surface area contributed by atoms with Gasteiger partial charge >= 0.3 is 0 Å². The summed E-state index contributed by atoms with van der Waals surface area (Å²) in [5.74, 6) is -0.540. The minimum absolute atomic E-state index is 0.181. The van der Waals surface area contributed by atoms with E-state index in [1.54, 1.807) is 37.7 Å². The Morgan fingerprint density at radius 3 is 2.61 bits per heavy atom. The minimum atomic E-state index is -1.49. The van der Waals surface area contributed by atoms with Crippen molar-refractivity contribution in [2.24, 2.45) is 0 Å². The quantitative estimate of drug-likeness (QED) is 0.275. The highest BCUT2D eigenvalue weighted by molar-refractivity contribution is 5.85. The smallest absolute Gasteiger partial charge is 0.195 e. The van der Waals surface area contributed by atoms with Crippen molar-refractivity contribution < 1.29 is 18.7 Å². The number of benzene rings is 1. The van der Waals surface area contributed by atoms with Crippen LogP contribution in [0.1, 0.15) is 50.7 Å². The number of carbonyl (C=O) groups is 1. The average Bonchev–Trinajstić information content (AvgIpc) is 3.20. The number of carbonyl (C=O) groups excluding carboxylic acids is 1. The number of hydrogen-bond donors (Lipinski definition) is 3. The third-order valence-corrected chi connectivity index (χ3v) is 6.66. The summed E-state index contributed by atoms with van der Waals surface area (Å²) in [6.45, 7) is 7.71. The van der Waals surface area contributed by atoms with Crippen molar-refractivity contribution in [1.29, 1.82) is 5.26 Å². The van der Waals surface area contributed by atoms with Crippen LogP contribution in [0.5, 0.6) is 0 Å². The fourth-order valence-electron chi connectivity index (χ4n) is 4.78. The summed E-state index contributed by atoms with van der Waals surface area (Å²) in [4.78, 5) is 12.6. The Hall–Kier alpha value is -3.58. The van der Waals surface area contributed by atoms with Gasteiger partial charge in [0.15, 0.2) is 6.30 Å². The molecule has 38 heavy (non-hydrogen) atoms. The van der Waals surface area contributed by atoms with E-state index in [4.69, 9.17) is 0 Å². The molecule has 0 spiro atoms. The molecule has 7 nitrogen and oxygen atoms in total. The number of hydrazine groups is 1. The average molecular weight is 524 g/mol. The zero-order valence-corrected chi connectivity index (χ0v) is 22.3. The van der Waals surface area contributed by atoms with Crippen molar-refractivity contribution in [3.05, 3.63) is 83.2 Å². The van der Waals surface area contributed by atoms with E-state index in [9.17, 15) is 19.6 Å². The predicted molar refractivity (Wildman–Crippen MR) is 145 cm³/mol. The van der Waals surface area contributed by atoms with Crippen LogP contribution in [0.4, 0.5) is 8.78 Å². The van der Waals surface area contributed by atoms with Gasteiger partial charge in [-0.2, -0.15) is 10.7 Å². The van der Waals surface area contributed by atoms with Crippen LogP contribution < -0.4 is 10.7 Å². The van der Waals surface area contributed by atoms with Crippen molar-refractivity contribution in [1.82, 2.24) is 20.7 Å². The molecule has 0 amide bonds. The first-order valence-corrected chi connectivity index (χ1v) is 12.5. The van der Waals surface area contributed by atoms with E-state index in [0.717, 1.165) is 12.8 Å². The standard InChI is InChI=1S/C23H22F2N4O.C6H13NO/c1-4-6-18(21(12-26)29-10-9-16(14-30)11-15(29)2)22-17(7-5-8-20(22)24)19-13-28(3)27-23(19)25;1-6(8)3-5(4-6)7-2/h5,7-11,13-14,23,27H,2,4,6H2,1,3H3;5,7-8H,3-4H2,1-2H3/b21-18+;. The van der Waals surface area contributed by atoms with Gasteiger partial charge in [-0.15, -0.1) is 0 Å². The molecule has 0 bridgehead atoms. The second-order valence-corrected chi connectivity index (χ2v) is 9.87. The topological polar surface area (TPSA) is 91.6 Å². The van der Waals surface area contributed by atoms with E-state index in [-0.39, 0.29) is 22.4 Å². The highest BCUT2D eigenvalue weighted by atomic mass is 19.1. The van der Waals surface area contributed by atoms with Crippen LogP contribution in [0, 0.1) is 17.1 Å². The summed E-state index contributed by atoms with van der Waals surface area (Å²) in [6, 6.07) is 7.18. The van der Waals surface area contributed by atoms with Crippen LogP contribution in [0.2, 0.25) is 0 Å². The van der Waals surface area contributed by atoms with Gasteiger partial charge in [-0.05, 0) is 62.6 Å². The summed E-state index contributed by atoms with van der Waals surface area (Å²) in [5, 5.41) is 23.7. The predicted octanol–water partition coefficient (Wildman–Crippen LogP) is 4.53. The minimum Gasteiger partial charge on any atom is -0.390 e. The number of nitrogens with zero attached hydrogens (tertiary/aromatic N) is 3. The number of nitrogens with one attached hydrogen (secondary N) is 2. The number of halogens is 2. The summed E-state index contributed by atoms with van der Waals surface area (Å²) in [6.07, 6.45) is 8.27. The van der Waals surface area contributed by atoms with Crippen molar-refractivity contribution in [2.75, 3.05) is 14.1 Å². The number of allylic oxidation sites excluding steroid dienone is 5. The van der Waals surface area contributed by atoms with Gasteiger partial charge in [0, 0.05) is 47.9 Å². The second kappa shape index (κ2) is 12.3. The third kappa shape index (κ3) is 6.45. The molecule has 0 saturated heterocycles. The Balaban J connectivity index is 0.000000427. The lowest BCUT2D eigenvalue weighted by atomic mass is 9.77. The molecule has 0 aromatic heterocycles. The summed E-state index contributed by atoms with van der Waals surface area (Å²) in [5.41, 5.74) is 4.55. The molecule has 3 aliphatic rings. The molecule has 0 radical (unpaired) electrons. The summed E-state index contributed by atoms with van der Waals surface area (Å²) >= 11 is 0.